The van der Waals surface area contributed by atoms with E-state index in [9.17, 15) is 17.6 Å². The van der Waals surface area contributed by atoms with Gasteiger partial charge in [-0.3, -0.25) is 4.79 Å². The fourth-order valence-corrected chi connectivity index (χ4v) is 2.30. The number of primary amides is 1. The van der Waals surface area contributed by atoms with Gasteiger partial charge in [0.25, 0.3) is 0 Å². The van der Waals surface area contributed by atoms with Crippen molar-refractivity contribution in [1.29, 1.82) is 0 Å². The number of sulfone groups is 1. The van der Waals surface area contributed by atoms with E-state index in [1.807, 2.05) is 0 Å². The smallest absolute Gasteiger partial charge is 0.233 e. The number of hydrogen-bond donors (Lipinski definition) is 1. The highest BCUT2D eigenvalue weighted by molar-refractivity contribution is 7.92. The molecule has 0 aliphatic carbocycles. The first-order valence-corrected chi connectivity index (χ1v) is 5.82. The quantitative estimate of drug-likeness (QED) is 0.805. The van der Waals surface area contributed by atoms with Crippen LogP contribution in [-0.4, -0.2) is 20.1 Å². The lowest BCUT2D eigenvalue weighted by Gasteiger charge is -2.02. The molecular formula is C8H7ClFNO3S. The molecule has 0 aliphatic heterocycles. The summed E-state index contributed by atoms with van der Waals surface area (Å²) < 4.78 is 35.6. The van der Waals surface area contributed by atoms with Crippen LogP contribution < -0.4 is 5.73 Å². The van der Waals surface area contributed by atoms with Gasteiger partial charge >= 0.3 is 0 Å². The van der Waals surface area contributed by atoms with Crippen molar-refractivity contribution in [2.24, 2.45) is 5.73 Å². The van der Waals surface area contributed by atoms with Crippen LogP contribution in [0.1, 0.15) is 0 Å². The Morgan fingerprint density at radius 3 is 2.53 bits per heavy atom. The monoisotopic (exact) mass is 251 g/mol. The first-order chi connectivity index (χ1) is 6.83. The number of rotatable bonds is 3. The molecule has 0 heterocycles. The lowest BCUT2D eigenvalue weighted by molar-refractivity contribution is -0.115. The molecule has 0 aromatic heterocycles. The minimum absolute atomic E-state index is 0.229. The third-order valence-electron chi connectivity index (χ3n) is 1.58. The molecule has 0 spiro atoms. The van der Waals surface area contributed by atoms with Crippen LogP contribution in [0, 0.1) is 5.82 Å². The van der Waals surface area contributed by atoms with Gasteiger partial charge in [0.15, 0.2) is 9.84 Å². The van der Waals surface area contributed by atoms with Gasteiger partial charge in [-0.15, -0.1) is 0 Å². The Hall–Kier alpha value is -1.14. The van der Waals surface area contributed by atoms with E-state index in [-0.39, 0.29) is 9.92 Å². The SMILES string of the molecule is NC(=O)CS(=O)(=O)c1ccc(F)c(Cl)c1. The number of amides is 1. The molecule has 0 bridgehead atoms. The maximum Gasteiger partial charge on any atom is 0.233 e. The van der Waals surface area contributed by atoms with Gasteiger partial charge in [-0.05, 0) is 18.2 Å². The summed E-state index contributed by atoms with van der Waals surface area (Å²) in [5.74, 6) is -2.53. The highest BCUT2D eigenvalue weighted by Gasteiger charge is 2.18. The Bertz CT molecular complexity index is 501. The van der Waals surface area contributed by atoms with Crippen molar-refractivity contribution in [3.8, 4) is 0 Å². The average Bonchev–Trinajstić information content (AvgIpc) is 2.07. The molecule has 1 rings (SSSR count). The Balaban J connectivity index is 3.17. The van der Waals surface area contributed by atoms with E-state index in [4.69, 9.17) is 17.3 Å². The first-order valence-electron chi connectivity index (χ1n) is 3.79. The zero-order valence-electron chi connectivity index (χ0n) is 7.41. The molecule has 0 saturated carbocycles. The molecule has 0 atom stereocenters. The molecular weight excluding hydrogens is 245 g/mol. The average molecular weight is 252 g/mol. The third kappa shape index (κ3) is 2.90. The van der Waals surface area contributed by atoms with Crippen molar-refractivity contribution in [2.75, 3.05) is 5.75 Å². The van der Waals surface area contributed by atoms with Crippen molar-refractivity contribution >= 4 is 27.3 Å². The van der Waals surface area contributed by atoms with E-state index in [0.29, 0.717) is 0 Å². The van der Waals surface area contributed by atoms with Crippen LogP contribution in [-0.2, 0) is 14.6 Å². The second-order valence-electron chi connectivity index (χ2n) is 2.80. The van der Waals surface area contributed by atoms with Gasteiger partial charge in [-0.2, -0.15) is 0 Å². The molecule has 4 nitrogen and oxygen atoms in total. The maximum atomic E-state index is 12.7. The number of carbonyl (C=O) groups is 1. The minimum atomic E-state index is -3.82. The Morgan fingerprint density at radius 2 is 2.07 bits per heavy atom. The second-order valence-corrected chi connectivity index (χ2v) is 5.20. The van der Waals surface area contributed by atoms with E-state index in [1.54, 1.807) is 0 Å². The van der Waals surface area contributed by atoms with Crippen LogP contribution in [0.15, 0.2) is 23.1 Å². The van der Waals surface area contributed by atoms with Crippen molar-refractivity contribution in [3.63, 3.8) is 0 Å². The molecule has 15 heavy (non-hydrogen) atoms. The van der Waals surface area contributed by atoms with Crippen LogP contribution in [0.5, 0.6) is 0 Å². The molecule has 1 aromatic rings. The fraction of sp³-hybridized carbons (Fsp3) is 0.125. The van der Waals surface area contributed by atoms with Gasteiger partial charge in [0.1, 0.15) is 11.6 Å². The Morgan fingerprint density at radius 1 is 1.47 bits per heavy atom. The Kier molecular flexibility index (Phi) is 3.31. The highest BCUT2D eigenvalue weighted by Crippen LogP contribution is 2.20. The number of nitrogens with two attached hydrogens (primary N) is 1. The van der Waals surface area contributed by atoms with Crippen LogP contribution in [0.3, 0.4) is 0 Å². The van der Waals surface area contributed by atoms with E-state index < -0.39 is 27.3 Å². The van der Waals surface area contributed by atoms with Gasteiger partial charge in [0.05, 0.1) is 9.92 Å². The van der Waals surface area contributed by atoms with E-state index in [2.05, 4.69) is 0 Å². The van der Waals surface area contributed by atoms with Crippen LogP contribution in [0.4, 0.5) is 4.39 Å². The summed E-state index contributed by atoms with van der Waals surface area (Å²) >= 11 is 5.40. The van der Waals surface area contributed by atoms with Crippen molar-refractivity contribution in [3.05, 3.63) is 29.0 Å². The van der Waals surface area contributed by atoms with Crippen LogP contribution in [0.2, 0.25) is 5.02 Å². The Labute approximate surface area is 90.8 Å². The largest absolute Gasteiger partial charge is 0.369 e. The zero-order valence-corrected chi connectivity index (χ0v) is 8.98. The van der Waals surface area contributed by atoms with Gasteiger partial charge < -0.3 is 5.73 Å². The number of hydrogen-bond acceptors (Lipinski definition) is 3. The summed E-state index contributed by atoms with van der Waals surface area (Å²) in [6, 6.07) is 2.88. The van der Waals surface area contributed by atoms with E-state index in [0.717, 1.165) is 18.2 Å². The highest BCUT2D eigenvalue weighted by atomic mass is 35.5. The molecule has 0 saturated heterocycles. The summed E-state index contributed by atoms with van der Waals surface area (Å²) in [5.41, 5.74) is 4.76. The first kappa shape index (κ1) is 11.9. The normalized spacial score (nSPS) is 11.3. The summed E-state index contributed by atoms with van der Waals surface area (Å²) in [7, 11) is -3.82. The lowest BCUT2D eigenvalue weighted by atomic mass is 10.3. The van der Waals surface area contributed by atoms with E-state index in [1.165, 1.54) is 0 Å². The predicted octanol–water partition coefficient (Wildman–Crippen LogP) is 0.738. The lowest BCUT2D eigenvalue weighted by Crippen LogP contribution is -2.23. The zero-order chi connectivity index (χ0) is 11.6. The third-order valence-corrected chi connectivity index (χ3v) is 3.51. The van der Waals surface area contributed by atoms with Gasteiger partial charge in [0.2, 0.25) is 5.91 Å². The van der Waals surface area contributed by atoms with Gasteiger partial charge in [0, 0.05) is 0 Å². The topological polar surface area (TPSA) is 77.2 Å². The van der Waals surface area contributed by atoms with Crippen LogP contribution in [0.25, 0.3) is 0 Å². The molecule has 0 unspecified atom stereocenters. The molecule has 2 N–H and O–H groups in total. The molecule has 0 radical (unpaired) electrons. The predicted molar refractivity (Wildman–Crippen MR) is 52.7 cm³/mol. The van der Waals surface area contributed by atoms with Crippen molar-refractivity contribution in [2.45, 2.75) is 4.90 Å². The van der Waals surface area contributed by atoms with Crippen LogP contribution >= 0.6 is 11.6 Å². The summed E-state index contributed by atoms with van der Waals surface area (Å²) in [5, 5.41) is -0.319. The maximum absolute atomic E-state index is 12.7. The summed E-state index contributed by atoms with van der Waals surface area (Å²) in [6.07, 6.45) is 0. The van der Waals surface area contributed by atoms with Gasteiger partial charge in [-0.25, -0.2) is 12.8 Å². The molecule has 1 amide bonds. The number of halogens is 2. The van der Waals surface area contributed by atoms with Crippen molar-refractivity contribution in [1.82, 2.24) is 0 Å². The minimum Gasteiger partial charge on any atom is -0.369 e. The summed E-state index contributed by atoms with van der Waals surface area (Å²) in [4.78, 5) is 10.2. The molecule has 82 valence electrons. The standard InChI is InChI=1S/C8H7ClFNO3S/c9-6-3-5(1-2-7(6)10)15(13,14)4-8(11)12/h1-3H,4H2,(H2,11,12). The summed E-state index contributed by atoms with van der Waals surface area (Å²) in [6.45, 7) is 0. The molecule has 0 aliphatic rings. The number of carbonyl (C=O) groups excluding carboxylic acids is 1. The van der Waals surface area contributed by atoms with Crippen molar-refractivity contribution < 1.29 is 17.6 Å². The van der Waals surface area contributed by atoms with Gasteiger partial charge in [-0.1, -0.05) is 11.6 Å². The fourth-order valence-electron chi connectivity index (χ4n) is 0.941. The number of benzene rings is 1. The van der Waals surface area contributed by atoms with E-state index >= 15 is 0 Å². The molecule has 0 fully saturated rings. The molecule has 7 heteroatoms. The molecule has 1 aromatic carbocycles. The second kappa shape index (κ2) is 4.16.